The van der Waals surface area contributed by atoms with Gasteiger partial charge in [0.2, 0.25) is 0 Å². The summed E-state index contributed by atoms with van der Waals surface area (Å²) in [7, 11) is 0. The Morgan fingerprint density at radius 2 is 2.17 bits per heavy atom. The molecule has 0 unspecified atom stereocenters. The van der Waals surface area contributed by atoms with Gasteiger partial charge in [0.25, 0.3) is 5.91 Å². The summed E-state index contributed by atoms with van der Waals surface area (Å²) in [5.41, 5.74) is 0.442. The van der Waals surface area contributed by atoms with Crippen LogP contribution in [0.2, 0.25) is 0 Å². The molecule has 1 heterocycles. The standard InChI is InChI=1S/C13H20N4O/c1-3-7-17(10-5-6-10)13(18)11-8-16-12(9-15-11)14-4-2/h8-10H,3-7H2,1-2H3,(H,14,16). The van der Waals surface area contributed by atoms with Crippen LogP contribution in [0.1, 0.15) is 43.6 Å². The quantitative estimate of drug-likeness (QED) is 0.835. The van der Waals surface area contributed by atoms with Crippen LogP contribution in [-0.4, -0.2) is 39.9 Å². The number of amides is 1. The maximum atomic E-state index is 12.3. The summed E-state index contributed by atoms with van der Waals surface area (Å²) in [6.45, 7) is 5.69. The van der Waals surface area contributed by atoms with Crippen LogP contribution in [0, 0.1) is 0 Å². The molecule has 2 rings (SSSR count). The monoisotopic (exact) mass is 248 g/mol. The molecule has 0 saturated heterocycles. The fourth-order valence-corrected chi connectivity index (χ4v) is 1.94. The lowest BCUT2D eigenvalue weighted by Crippen LogP contribution is -2.34. The van der Waals surface area contributed by atoms with Gasteiger partial charge in [0, 0.05) is 19.1 Å². The Kier molecular flexibility index (Phi) is 4.12. The third-order valence-corrected chi connectivity index (χ3v) is 2.94. The molecular formula is C13H20N4O. The number of rotatable bonds is 6. The van der Waals surface area contributed by atoms with Crippen LogP contribution in [0.25, 0.3) is 0 Å². The summed E-state index contributed by atoms with van der Waals surface area (Å²) in [5, 5.41) is 3.06. The van der Waals surface area contributed by atoms with Gasteiger partial charge in [0.05, 0.1) is 12.4 Å². The third-order valence-electron chi connectivity index (χ3n) is 2.94. The maximum Gasteiger partial charge on any atom is 0.274 e. The molecule has 5 nitrogen and oxygen atoms in total. The zero-order valence-electron chi connectivity index (χ0n) is 11.0. The van der Waals surface area contributed by atoms with E-state index in [1.54, 1.807) is 12.4 Å². The molecule has 1 fully saturated rings. The molecule has 0 aromatic carbocycles. The van der Waals surface area contributed by atoms with E-state index >= 15 is 0 Å². The fraction of sp³-hybridized carbons (Fsp3) is 0.615. The lowest BCUT2D eigenvalue weighted by molar-refractivity contribution is 0.0736. The molecule has 1 aliphatic rings. The van der Waals surface area contributed by atoms with Crippen LogP contribution in [0.3, 0.4) is 0 Å². The highest BCUT2D eigenvalue weighted by Crippen LogP contribution is 2.28. The maximum absolute atomic E-state index is 12.3. The summed E-state index contributed by atoms with van der Waals surface area (Å²) >= 11 is 0. The number of nitrogens with zero attached hydrogens (tertiary/aromatic N) is 3. The highest BCUT2D eigenvalue weighted by molar-refractivity contribution is 5.92. The zero-order chi connectivity index (χ0) is 13.0. The van der Waals surface area contributed by atoms with Crippen molar-refractivity contribution >= 4 is 11.7 Å². The molecule has 0 bridgehead atoms. The minimum absolute atomic E-state index is 0.00917. The minimum Gasteiger partial charge on any atom is -0.369 e. The predicted molar refractivity (Wildman–Crippen MR) is 70.5 cm³/mol. The van der Waals surface area contributed by atoms with E-state index in [9.17, 15) is 4.79 Å². The van der Waals surface area contributed by atoms with Crippen molar-refractivity contribution in [3.05, 3.63) is 18.1 Å². The topological polar surface area (TPSA) is 58.1 Å². The Morgan fingerprint density at radius 1 is 1.39 bits per heavy atom. The zero-order valence-corrected chi connectivity index (χ0v) is 11.0. The predicted octanol–water partition coefficient (Wildman–Crippen LogP) is 1.92. The Bertz CT molecular complexity index is 400. The largest absolute Gasteiger partial charge is 0.369 e. The molecule has 18 heavy (non-hydrogen) atoms. The normalized spacial score (nSPS) is 14.3. The van der Waals surface area contributed by atoms with Crippen molar-refractivity contribution in [2.75, 3.05) is 18.4 Å². The smallest absolute Gasteiger partial charge is 0.274 e. The van der Waals surface area contributed by atoms with Gasteiger partial charge in [-0.3, -0.25) is 4.79 Å². The van der Waals surface area contributed by atoms with Crippen LogP contribution in [0.5, 0.6) is 0 Å². The van der Waals surface area contributed by atoms with Gasteiger partial charge < -0.3 is 10.2 Å². The molecule has 1 saturated carbocycles. The van der Waals surface area contributed by atoms with Gasteiger partial charge in [0.15, 0.2) is 0 Å². The van der Waals surface area contributed by atoms with Crippen LogP contribution in [0.15, 0.2) is 12.4 Å². The van der Waals surface area contributed by atoms with E-state index in [2.05, 4.69) is 22.2 Å². The lowest BCUT2D eigenvalue weighted by atomic mass is 10.3. The van der Waals surface area contributed by atoms with E-state index in [1.165, 1.54) is 0 Å². The van der Waals surface area contributed by atoms with Crippen molar-refractivity contribution in [2.24, 2.45) is 0 Å². The second-order valence-corrected chi connectivity index (χ2v) is 4.55. The number of hydrogen-bond acceptors (Lipinski definition) is 4. The molecule has 0 aliphatic heterocycles. The van der Waals surface area contributed by atoms with E-state index in [0.717, 1.165) is 32.4 Å². The molecule has 5 heteroatoms. The fourth-order valence-electron chi connectivity index (χ4n) is 1.94. The van der Waals surface area contributed by atoms with Gasteiger partial charge >= 0.3 is 0 Å². The van der Waals surface area contributed by atoms with Gasteiger partial charge in [0.1, 0.15) is 11.5 Å². The van der Waals surface area contributed by atoms with Gasteiger partial charge in [-0.25, -0.2) is 9.97 Å². The summed E-state index contributed by atoms with van der Waals surface area (Å²) < 4.78 is 0. The SMILES string of the molecule is CCCN(C(=O)c1cnc(NCC)cn1)C1CC1. The number of aromatic nitrogens is 2. The van der Waals surface area contributed by atoms with Crippen molar-refractivity contribution in [3.8, 4) is 0 Å². The number of carbonyl (C=O) groups excluding carboxylic acids is 1. The highest BCUT2D eigenvalue weighted by Gasteiger charge is 2.32. The molecule has 0 atom stereocenters. The molecule has 1 aliphatic carbocycles. The van der Waals surface area contributed by atoms with E-state index in [-0.39, 0.29) is 5.91 Å². The van der Waals surface area contributed by atoms with Crippen molar-refractivity contribution in [3.63, 3.8) is 0 Å². The van der Waals surface area contributed by atoms with E-state index in [4.69, 9.17) is 0 Å². The van der Waals surface area contributed by atoms with Crippen LogP contribution in [0.4, 0.5) is 5.82 Å². The Labute approximate surface area is 108 Å². The second kappa shape index (κ2) is 5.80. The first-order valence-corrected chi connectivity index (χ1v) is 6.63. The van der Waals surface area contributed by atoms with Crippen LogP contribution < -0.4 is 5.32 Å². The van der Waals surface area contributed by atoms with Crippen molar-refractivity contribution in [1.29, 1.82) is 0 Å². The summed E-state index contributed by atoms with van der Waals surface area (Å²) in [6, 6.07) is 0.424. The Hall–Kier alpha value is -1.65. The van der Waals surface area contributed by atoms with Crippen molar-refractivity contribution in [2.45, 2.75) is 39.2 Å². The van der Waals surface area contributed by atoms with Gasteiger partial charge in [-0.05, 0) is 26.2 Å². The van der Waals surface area contributed by atoms with Crippen LogP contribution >= 0.6 is 0 Å². The average molecular weight is 248 g/mol. The van der Waals surface area contributed by atoms with E-state index in [1.807, 2.05) is 11.8 Å². The Morgan fingerprint density at radius 3 is 2.67 bits per heavy atom. The molecule has 1 aromatic heterocycles. The third kappa shape index (κ3) is 2.97. The summed E-state index contributed by atoms with van der Waals surface area (Å²) in [6.07, 6.45) is 6.40. The van der Waals surface area contributed by atoms with Crippen LogP contribution in [-0.2, 0) is 0 Å². The van der Waals surface area contributed by atoms with Gasteiger partial charge in [-0.15, -0.1) is 0 Å². The van der Waals surface area contributed by atoms with Gasteiger partial charge in [-0.1, -0.05) is 6.92 Å². The van der Waals surface area contributed by atoms with Crippen molar-refractivity contribution in [1.82, 2.24) is 14.9 Å². The van der Waals surface area contributed by atoms with Gasteiger partial charge in [-0.2, -0.15) is 0 Å². The summed E-state index contributed by atoms with van der Waals surface area (Å²) in [5.74, 6) is 0.720. The average Bonchev–Trinajstić information content (AvgIpc) is 3.21. The molecule has 0 radical (unpaired) electrons. The number of carbonyl (C=O) groups is 1. The molecule has 1 N–H and O–H groups in total. The first kappa shape index (κ1) is 12.8. The first-order valence-electron chi connectivity index (χ1n) is 6.63. The first-order chi connectivity index (χ1) is 8.76. The molecular weight excluding hydrogens is 228 g/mol. The van der Waals surface area contributed by atoms with E-state index < -0.39 is 0 Å². The Balaban J connectivity index is 2.06. The highest BCUT2D eigenvalue weighted by atomic mass is 16.2. The molecule has 98 valence electrons. The molecule has 1 aromatic rings. The van der Waals surface area contributed by atoms with E-state index in [0.29, 0.717) is 17.6 Å². The summed E-state index contributed by atoms with van der Waals surface area (Å²) in [4.78, 5) is 22.6. The second-order valence-electron chi connectivity index (χ2n) is 4.55. The molecule has 0 spiro atoms. The van der Waals surface area contributed by atoms with Crippen molar-refractivity contribution < 1.29 is 4.79 Å². The number of hydrogen-bond donors (Lipinski definition) is 1. The molecule has 1 amide bonds. The number of anilines is 1. The minimum atomic E-state index is 0.00917. The lowest BCUT2D eigenvalue weighted by Gasteiger charge is -2.21. The number of nitrogens with one attached hydrogen (secondary N) is 1.